The molecule has 1 aliphatic heterocycles. The first-order chi connectivity index (χ1) is 7.84. The molecule has 0 saturated carbocycles. The van der Waals surface area contributed by atoms with Gasteiger partial charge in [0.15, 0.2) is 5.13 Å². The van der Waals surface area contributed by atoms with Gasteiger partial charge in [-0.1, -0.05) is 18.2 Å². The second-order valence-corrected chi connectivity index (χ2v) is 4.83. The lowest BCUT2D eigenvalue weighted by atomic mass is 9.99. The highest BCUT2D eigenvalue weighted by molar-refractivity contribution is 7.13. The van der Waals surface area contributed by atoms with E-state index < -0.39 is 0 Å². The van der Waals surface area contributed by atoms with Crippen LogP contribution in [-0.4, -0.2) is 11.5 Å². The average molecular weight is 231 g/mol. The van der Waals surface area contributed by atoms with Gasteiger partial charge in [0.1, 0.15) is 0 Å². The van der Waals surface area contributed by atoms with E-state index >= 15 is 0 Å². The van der Waals surface area contributed by atoms with Crippen molar-refractivity contribution in [3.63, 3.8) is 0 Å². The Kier molecular flexibility index (Phi) is 2.29. The van der Waals surface area contributed by atoms with Gasteiger partial charge in [-0.15, -0.1) is 11.3 Å². The van der Waals surface area contributed by atoms with Crippen LogP contribution in [0, 0.1) is 0 Å². The van der Waals surface area contributed by atoms with Crippen molar-refractivity contribution >= 4 is 22.2 Å². The highest BCUT2D eigenvalue weighted by Crippen LogP contribution is 2.37. The molecule has 82 valence electrons. The van der Waals surface area contributed by atoms with E-state index in [0.29, 0.717) is 11.2 Å². The van der Waals surface area contributed by atoms with Gasteiger partial charge in [-0.05, 0) is 18.6 Å². The van der Waals surface area contributed by atoms with Crippen LogP contribution >= 0.6 is 11.3 Å². The zero-order valence-electron chi connectivity index (χ0n) is 8.84. The topological polar surface area (TPSA) is 42.1 Å². The summed E-state index contributed by atoms with van der Waals surface area (Å²) in [5, 5.41) is 2.73. The van der Waals surface area contributed by atoms with Crippen molar-refractivity contribution in [3.8, 4) is 0 Å². The number of nitrogens with two attached hydrogens (primary N) is 1. The molecular formula is C12H13N3S. The Labute approximate surface area is 98.5 Å². The average Bonchev–Trinajstić information content (AvgIpc) is 2.65. The summed E-state index contributed by atoms with van der Waals surface area (Å²) < 4.78 is 0. The molecule has 1 aliphatic rings. The van der Waals surface area contributed by atoms with Crippen LogP contribution in [-0.2, 0) is 0 Å². The van der Waals surface area contributed by atoms with E-state index in [4.69, 9.17) is 5.73 Å². The largest absolute Gasteiger partial charge is 0.375 e. The van der Waals surface area contributed by atoms with Crippen LogP contribution < -0.4 is 10.6 Å². The number of rotatable bonds is 2. The first kappa shape index (κ1) is 9.66. The molecule has 4 heteroatoms. The standard InChI is InChI=1S/C12H13N3S/c13-12-14-10(8-16-12)11-6-7-15(11)9-4-2-1-3-5-9/h1-5,8,11H,6-7H2,(H2,13,14)/t11-/m1/s1. The molecule has 1 atom stereocenters. The van der Waals surface area contributed by atoms with E-state index in [-0.39, 0.29) is 0 Å². The maximum Gasteiger partial charge on any atom is 0.180 e. The Morgan fingerprint density at radius 2 is 2.12 bits per heavy atom. The van der Waals surface area contributed by atoms with E-state index in [0.717, 1.165) is 18.7 Å². The maximum absolute atomic E-state index is 5.67. The van der Waals surface area contributed by atoms with Crippen LogP contribution in [0.3, 0.4) is 0 Å². The quantitative estimate of drug-likeness (QED) is 0.864. The molecule has 2 N–H and O–H groups in total. The smallest absolute Gasteiger partial charge is 0.180 e. The van der Waals surface area contributed by atoms with Crippen LogP contribution in [0.5, 0.6) is 0 Å². The lowest BCUT2D eigenvalue weighted by Gasteiger charge is -2.42. The SMILES string of the molecule is Nc1nc([C@H]2CCN2c2ccccc2)cs1. The predicted octanol–water partition coefficient (Wildman–Crippen LogP) is 2.68. The molecule has 0 radical (unpaired) electrons. The number of hydrogen-bond donors (Lipinski definition) is 1. The molecule has 1 aromatic heterocycles. The van der Waals surface area contributed by atoms with Gasteiger partial charge in [0.2, 0.25) is 0 Å². The van der Waals surface area contributed by atoms with Gasteiger partial charge < -0.3 is 10.6 Å². The Hall–Kier alpha value is -1.55. The summed E-state index contributed by atoms with van der Waals surface area (Å²) >= 11 is 1.52. The number of aromatic nitrogens is 1. The number of nitrogen functional groups attached to an aromatic ring is 1. The molecule has 0 amide bonds. The maximum atomic E-state index is 5.67. The molecule has 1 fully saturated rings. The van der Waals surface area contributed by atoms with Crippen LogP contribution in [0.25, 0.3) is 0 Å². The van der Waals surface area contributed by atoms with E-state index in [1.165, 1.54) is 17.0 Å². The zero-order valence-corrected chi connectivity index (χ0v) is 9.65. The van der Waals surface area contributed by atoms with Crippen molar-refractivity contribution in [1.82, 2.24) is 4.98 Å². The molecular weight excluding hydrogens is 218 g/mol. The third-order valence-corrected chi connectivity index (χ3v) is 3.68. The Morgan fingerprint density at radius 3 is 2.69 bits per heavy atom. The zero-order chi connectivity index (χ0) is 11.0. The summed E-state index contributed by atoms with van der Waals surface area (Å²) in [6.07, 6.45) is 1.16. The summed E-state index contributed by atoms with van der Waals surface area (Å²) in [6.45, 7) is 1.10. The van der Waals surface area contributed by atoms with E-state index in [1.54, 1.807) is 0 Å². The summed E-state index contributed by atoms with van der Waals surface area (Å²) in [5.41, 5.74) is 8.05. The number of benzene rings is 1. The second-order valence-electron chi connectivity index (χ2n) is 3.94. The van der Waals surface area contributed by atoms with Crippen molar-refractivity contribution in [3.05, 3.63) is 41.4 Å². The predicted molar refractivity (Wildman–Crippen MR) is 67.7 cm³/mol. The van der Waals surface area contributed by atoms with Gasteiger partial charge in [0.25, 0.3) is 0 Å². The van der Waals surface area contributed by atoms with E-state index in [2.05, 4.69) is 39.5 Å². The highest BCUT2D eigenvalue weighted by Gasteiger charge is 2.31. The minimum absolute atomic E-state index is 0.413. The molecule has 0 bridgehead atoms. The molecule has 0 aliphatic carbocycles. The first-order valence-corrected chi connectivity index (χ1v) is 6.25. The molecule has 3 rings (SSSR count). The Morgan fingerprint density at radius 1 is 1.31 bits per heavy atom. The number of thiazole rings is 1. The Bertz CT molecular complexity index is 480. The monoisotopic (exact) mass is 231 g/mol. The van der Waals surface area contributed by atoms with Gasteiger partial charge in [-0.3, -0.25) is 0 Å². The summed E-state index contributed by atoms with van der Waals surface area (Å²) in [5.74, 6) is 0. The number of hydrogen-bond acceptors (Lipinski definition) is 4. The van der Waals surface area contributed by atoms with Gasteiger partial charge >= 0.3 is 0 Å². The van der Waals surface area contributed by atoms with E-state index in [9.17, 15) is 0 Å². The van der Waals surface area contributed by atoms with Crippen LogP contribution in [0.15, 0.2) is 35.7 Å². The second kappa shape index (κ2) is 3.79. The number of anilines is 2. The Balaban J connectivity index is 1.84. The van der Waals surface area contributed by atoms with Crippen LogP contribution in [0.1, 0.15) is 18.2 Å². The lowest BCUT2D eigenvalue weighted by Crippen LogP contribution is -2.41. The minimum atomic E-state index is 0.413. The summed E-state index contributed by atoms with van der Waals surface area (Å²) in [4.78, 5) is 6.73. The summed E-state index contributed by atoms with van der Waals surface area (Å²) in [7, 11) is 0. The van der Waals surface area contributed by atoms with Gasteiger partial charge in [-0.25, -0.2) is 4.98 Å². The molecule has 1 saturated heterocycles. The molecule has 16 heavy (non-hydrogen) atoms. The van der Waals surface area contributed by atoms with Gasteiger partial charge in [-0.2, -0.15) is 0 Å². The molecule has 1 aromatic carbocycles. The highest BCUT2D eigenvalue weighted by atomic mass is 32.1. The van der Waals surface area contributed by atoms with Crippen molar-refractivity contribution in [2.75, 3.05) is 17.2 Å². The molecule has 2 aromatic rings. The fourth-order valence-electron chi connectivity index (χ4n) is 2.08. The van der Waals surface area contributed by atoms with Crippen molar-refractivity contribution in [2.45, 2.75) is 12.5 Å². The minimum Gasteiger partial charge on any atom is -0.375 e. The molecule has 2 heterocycles. The molecule has 0 spiro atoms. The lowest BCUT2D eigenvalue weighted by molar-refractivity contribution is 0.458. The van der Waals surface area contributed by atoms with Crippen LogP contribution in [0.4, 0.5) is 10.8 Å². The van der Waals surface area contributed by atoms with Crippen LogP contribution in [0.2, 0.25) is 0 Å². The van der Waals surface area contributed by atoms with Gasteiger partial charge in [0.05, 0.1) is 11.7 Å². The number of nitrogens with zero attached hydrogens (tertiary/aromatic N) is 2. The number of para-hydroxylation sites is 1. The van der Waals surface area contributed by atoms with Crippen molar-refractivity contribution in [1.29, 1.82) is 0 Å². The van der Waals surface area contributed by atoms with Gasteiger partial charge in [0, 0.05) is 17.6 Å². The fraction of sp³-hybridized carbons (Fsp3) is 0.250. The third kappa shape index (κ3) is 1.55. The first-order valence-electron chi connectivity index (χ1n) is 5.37. The van der Waals surface area contributed by atoms with Crippen molar-refractivity contribution < 1.29 is 0 Å². The van der Waals surface area contributed by atoms with Crippen molar-refractivity contribution in [2.24, 2.45) is 0 Å². The summed E-state index contributed by atoms with van der Waals surface area (Å²) in [6, 6.07) is 10.9. The normalized spacial score (nSPS) is 19.5. The fourth-order valence-corrected chi connectivity index (χ4v) is 2.69. The third-order valence-electron chi connectivity index (χ3n) is 2.99. The molecule has 3 nitrogen and oxygen atoms in total. The van der Waals surface area contributed by atoms with E-state index in [1.807, 2.05) is 6.07 Å². The molecule has 0 unspecified atom stereocenters.